The van der Waals surface area contributed by atoms with Gasteiger partial charge in [-0.2, -0.15) is 0 Å². The number of nitrogens with zero attached hydrogens (tertiary/aromatic N) is 1. The van der Waals surface area contributed by atoms with Gasteiger partial charge in [-0.1, -0.05) is 0 Å². The molecule has 1 aromatic heterocycles. The molecule has 0 fully saturated rings. The van der Waals surface area contributed by atoms with E-state index in [1.807, 2.05) is 0 Å². The van der Waals surface area contributed by atoms with Crippen molar-refractivity contribution in [1.82, 2.24) is 4.98 Å². The average Bonchev–Trinajstić information content (AvgIpc) is 2.66. The zero-order chi connectivity index (χ0) is 11.7. The third-order valence-electron chi connectivity index (χ3n) is 1.94. The molecule has 0 aliphatic rings. The lowest BCUT2D eigenvalue weighted by molar-refractivity contribution is 0.0696. The van der Waals surface area contributed by atoms with Crippen molar-refractivity contribution in [3.8, 4) is 22.8 Å². The van der Waals surface area contributed by atoms with Gasteiger partial charge in [0.15, 0.2) is 0 Å². The molecule has 0 spiro atoms. The maximum Gasteiger partial charge on any atom is 0.365 e. The van der Waals surface area contributed by atoms with Crippen LogP contribution in [-0.4, -0.2) is 26.3 Å². The molecular weight excluding hydrogens is 230 g/mol. The zero-order valence-corrected chi connectivity index (χ0v) is 8.73. The lowest BCUT2D eigenvalue weighted by Crippen LogP contribution is -1.94. The number of carbonyl (C=O) groups is 1. The van der Waals surface area contributed by atoms with Crippen molar-refractivity contribution in [2.24, 2.45) is 0 Å². The molecule has 0 amide bonds. The first kappa shape index (κ1) is 10.4. The molecule has 0 radical (unpaired) electrons. The predicted octanol–water partition coefficient (Wildman–Crippen LogP) is 1.92. The monoisotopic (exact) mass is 237 g/mol. The molecule has 1 aromatic carbocycles. The summed E-state index contributed by atoms with van der Waals surface area (Å²) in [4.78, 5) is 14.5. The van der Waals surface area contributed by atoms with E-state index in [1.165, 1.54) is 23.6 Å². The minimum absolute atomic E-state index is 0.0394. The molecule has 0 atom stereocenters. The number of phenols is 2. The molecule has 6 heteroatoms. The molecule has 3 N–H and O–H groups in total. The van der Waals surface area contributed by atoms with E-state index in [0.29, 0.717) is 11.3 Å². The Morgan fingerprint density at radius 1 is 1.31 bits per heavy atom. The van der Waals surface area contributed by atoms with Gasteiger partial charge >= 0.3 is 5.97 Å². The standard InChI is InChI=1S/C10H7NO4S/c12-5-1-2-6(8(13)3-5)7-4-16-9(11-7)10(14)15/h1-4,12-13H,(H,14,15). The third-order valence-corrected chi connectivity index (χ3v) is 2.77. The number of aromatic hydroxyl groups is 2. The normalized spacial score (nSPS) is 10.2. The summed E-state index contributed by atoms with van der Waals surface area (Å²) in [6.45, 7) is 0. The summed E-state index contributed by atoms with van der Waals surface area (Å²) >= 11 is 0.981. The molecule has 0 aliphatic carbocycles. The van der Waals surface area contributed by atoms with E-state index in [-0.39, 0.29) is 16.5 Å². The number of phenolic OH excluding ortho intramolecular Hbond substituents is 2. The second kappa shape index (κ2) is 3.82. The number of carboxylic acids is 1. The van der Waals surface area contributed by atoms with Gasteiger partial charge in [-0.05, 0) is 12.1 Å². The number of benzene rings is 1. The minimum Gasteiger partial charge on any atom is -0.508 e. The van der Waals surface area contributed by atoms with Gasteiger partial charge in [0, 0.05) is 17.0 Å². The van der Waals surface area contributed by atoms with Crippen LogP contribution >= 0.6 is 11.3 Å². The second-order valence-corrected chi connectivity index (χ2v) is 3.90. The Bertz CT molecular complexity index is 550. The van der Waals surface area contributed by atoms with E-state index >= 15 is 0 Å². The van der Waals surface area contributed by atoms with Gasteiger partial charge in [-0.3, -0.25) is 0 Å². The first-order chi connectivity index (χ1) is 7.58. The molecule has 0 saturated carbocycles. The molecule has 0 aliphatic heterocycles. The van der Waals surface area contributed by atoms with Crippen molar-refractivity contribution in [3.05, 3.63) is 28.6 Å². The Balaban J connectivity index is 2.46. The highest BCUT2D eigenvalue weighted by atomic mass is 32.1. The van der Waals surface area contributed by atoms with Gasteiger partial charge in [-0.25, -0.2) is 9.78 Å². The van der Waals surface area contributed by atoms with Crippen molar-refractivity contribution < 1.29 is 20.1 Å². The molecule has 16 heavy (non-hydrogen) atoms. The minimum atomic E-state index is -1.10. The molecule has 0 bridgehead atoms. The number of thiazole rings is 1. The van der Waals surface area contributed by atoms with Crippen LogP contribution in [0, 0.1) is 0 Å². The molecule has 1 heterocycles. The van der Waals surface area contributed by atoms with E-state index in [9.17, 15) is 9.90 Å². The molecule has 82 valence electrons. The topological polar surface area (TPSA) is 90.7 Å². The van der Waals surface area contributed by atoms with Gasteiger partial charge in [-0.15, -0.1) is 11.3 Å². The van der Waals surface area contributed by atoms with E-state index < -0.39 is 5.97 Å². The molecule has 5 nitrogen and oxygen atoms in total. The van der Waals surface area contributed by atoms with Crippen LogP contribution in [0.3, 0.4) is 0 Å². The Morgan fingerprint density at radius 2 is 2.06 bits per heavy atom. The van der Waals surface area contributed by atoms with Crippen LogP contribution < -0.4 is 0 Å². The summed E-state index contributed by atoms with van der Waals surface area (Å²) in [6.07, 6.45) is 0. The first-order valence-corrected chi connectivity index (χ1v) is 5.17. The van der Waals surface area contributed by atoms with Crippen LogP contribution in [0.4, 0.5) is 0 Å². The number of carboxylic acid groups (broad SMARTS) is 1. The molecule has 2 rings (SSSR count). The summed E-state index contributed by atoms with van der Waals surface area (Å²) in [7, 11) is 0. The number of rotatable bonds is 2. The van der Waals surface area contributed by atoms with Crippen molar-refractivity contribution >= 4 is 17.3 Å². The van der Waals surface area contributed by atoms with E-state index in [4.69, 9.17) is 10.2 Å². The van der Waals surface area contributed by atoms with Crippen LogP contribution in [-0.2, 0) is 0 Å². The van der Waals surface area contributed by atoms with Gasteiger partial charge in [0.25, 0.3) is 0 Å². The first-order valence-electron chi connectivity index (χ1n) is 4.29. The van der Waals surface area contributed by atoms with Crippen LogP contribution in [0.25, 0.3) is 11.3 Å². The Morgan fingerprint density at radius 3 is 2.62 bits per heavy atom. The molecule has 0 unspecified atom stereocenters. The lowest BCUT2D eigenvalue weighted by atomic mass is 10.1. The number of aromatic carboxylic acids is 1. The Hall–Kier alpha value is -2.08. The summed E-state index contributed by atoms with van der Waals surface area (Å²) < 4.78 is 0. The quantitative estimate of drug-likeness (QED) is 0.742. The number of hydrogen-bond acceptors (Lipinski definition) is 5. The fraction of sp³-hybridized carbons (Fsp3) is 0. The van der Waals surface area contributed by atoms with Crippen molar-refractivity contribution in [3.63, 3.8) is 0 Å². The van der Waals surface area contributed by atoms with E-state index in [1.54, 1.807) is 0 Å². The maximum absolute atomic E-state index is 10.6. The van der Waals surface area contributed by atoms with Crippen molar-refractivity contribution in [1.29, 1.82) is 0 Å². The molecule has 0 saturated heterocycles. The van der Waals surface area contributed by atoms with E-state index in [0.717, 1.165) is 11.3 Å². The van der Waals surface area contributed by atoms with Crippen LogP contribution in [0.2, 0.25) is 0 Å². The SMILES string of the molecule is O=C(O)c1nc(-c2ccc(O)cc2O)cs1. The van der Waals surface area contributed by atoms with Gasteiger partial charge in [0.05, 0.1) is 5.69 Å². The molecule has 2 aromatic rings. The smallest absolute Gasteiger partial charge is 0.365 e. The number of hydrogen-bond donors (Lipinski definition) is 3. The predicted molar refractivity (Wildman–Crippen MR) is 57.8 cm³/mol. The van der Waals surface area contributed by atoms with Crippen molar-refractivity contribution in [2.75, 3.05) is 0 Å². The molecular formula is C10H7NO4S. The third kappa shape index (κ3) is 1.82. The van der Waals surface area contributed by atoms with Crippen LogP contribution in [0.15, 0.2) is 23.6 Å². The average molecular weight is 237 g/mol. The van der Waals surface area contributed by atoms with Gasteiger partial charge in [0.1, 0.15) is 11.5 Å². The van der Waals surface area contributed by atoms with Gasteiger partial charge in [0.2, 0.25) is 5.01 Å². The van der Waals surface area contributed by atoms with Gasteiger partial charge < -0.3 is 15.3 Å². The second-order valence-electron chi connectivity index (χ2n) is 3.04. The van der Waals surface area contributed by atoms with Crippen LogP contribution in [0.5, 0.6) is 11.5 Å². The highest BCUT2D eigenvalue weighted by Crippen LogP contribution is 2.32. The summed E-state index contributed by atoms with van der Waals surface area (Å²) in [5.74, 6) is -1.30. The highest BCUT2D eigenvalue weighted by Gasteiger charge is 2.12. The fourth-order valence-corrected chi connectivity index (χ4v) is 1.89. The maximum atomic E-state index is 10.6. The summed E-state index contributed by atoms with van der Waals surface area (Å²) in [5.41, 5.74) is 0.765. The fourth-order valence-electron chi connectivity index (χ4n) is 1.23. The lowest BCUT2D eigenvalue weighted by Gasteiger charge is -2.00. The summed E-state index contributed by atoms with van der Waals surface area (Å²) in [5, 5.41) is 28.9. The number of aromatic nitrogens is 1. The summed E-state index contributed by atoms with van der Waals surface area (Å²) in [6, 6.07) is 4.05. The Labute approximate surface area is 94.3 Å². The zero-order valence-electron chi connectivity index (χ0n) is 7.91. The highest BCUT2D eigenvalue weighted by molar-refractivity contribution is 7.11. The van der Waals surface area contributed by atoms with Crippen LogP contribution in [0.1, 0.15) is 9.80 Å². The largest absolute Gasteiger partial charge is 0.508 e. The van der Waals surface area contributed by atoms with Crippen molar-refractivity contribution in [2.45, 2.75) is 0 Å². The Kier molecular flexibility index (Phi) is 2.49. The van der Waals surface area contributed by atoms with E-state index in [2.05, 4.69) is 4.98 Å².